The molecule has 0 aliphatic rings. The second-order valence-corrected chi connectivity index (χ2v) is 2.17. The lowest BCUT2D eigenvalue weighted by Crippen LogP contribution is -1.81. The molecular formula is C6H10OS. The molecule has 0 heterocycles. The van der Waals surface area contributed by atoms with Gasteiger partial charge in [0.05, 0.1) is 6.61 Å². The van der Waals surface area contributed by atoms with E-state index in [9.17, 15) is 0 Å². The summed E-state index contributed by atoms with van der Waals surface area (Å²) in [4.78, 5) is 0. The van der Waals surface area contributed by atoms with Gasteiger partial charge in [-0.3, -0.25) is 0 Å². The SMILES string of the molecule is C=C/C=C/SCCO. The van der Waals surface area contributed by atoms with Crippen molar-refractivity contribution >= 4 is 11.8 Å². The van der Waals surface area contributed by atoms with Gasteiger partial charge < -0.3 is 5.11 Å². The van der Waals surface area contributed by atoms with Gasteiger partial charge in [0.15, 0.2) is 0 Å². The van der Waals surface area contributed by atoms with Gasteiger partial charge in [0.1, 0.15) is 0 Å². The predicted molar refractivity (Wildman–Crippen MR) is 38.9 cm³/mol. The molecule has 0 bridgehead atoms. The highest BCUT2D eigenvalue weighted by Gasteiger charge is 1.74. The van der Waals surface area contributed by atoms with E-state index in [0.717, 1.165) is 5.75 Å². The molecule has 2 heteroatoms. The first-order valence-corrected chi connectivity index (χ1v) is 3.46. The zero-order valence-corrected chi connectivity index (χ0v) is 5.53. The number of allylic oxidation sites excluding steroid dienone is 2. The average Bonchev–Trinajstić information content (AvgIpc) is 1.81. The van der Waals surface area contributed by atoms with Crippen molar-refractivity contribution in [1.82, 2.24) is 0 Å². The molecular weight excluding hydrogens is 120 g/mol. The Balaban J connectivity index is 2.91. The molecule has 1 N–H and O–H groups in total. The topological polar surface area (TPSA) is 20.2 Å². The van der Waals surface area contributed by atoms with Crippen molar-refractivity contribution in [1.29, 1.82) is 0 Å². The summed E-state index contributed by atoms with van der Waals surface area (Å²) in [7, 11) is 0. The minimum Gasteiger partial charge on any atom is -0.396 e. The predicted octanol–water partition coefficient (Wildman–Crippen LogP) is 1.41. The summed E-state index contributed by atoms with van der Waals surface area (Å²) in [6.07, 6.45) is 3.56. The third-order valence-electron chi connectivity index (χ3n) is 0.520. The number of hydrogen-bond donors (Lipinski definition) is 1. The summed E-state index contributed by atoms with van der Waals surface area (Å²) in [5.74, 6) is 0.768. The zero-order chi connectivity index (χ0) is 6.24. The zero-order valence-electron chi connectivity index (χ0n) is 4.71. The van der Waals surface area contributed by atoms with Crippen LogP contribution in [0.15, 0.2) is 24.1 Å². The fraction of sp³-hybridized carbons (Fsp3) is 0.333. The highest BCUT2D eigenvalue weighted by Crippen LogP contribution is 1.98. The van der Waals surface area contributed by atoms with Crippen LogP contribution in [0.2, 0.25) is 0 Å². The Morgan fingerprint density at radius 1 is 1.62 bits per heavy atom. The van der Waals surface area contributed by atoms with E-state index in [2.05, 4.69) is 6.58 Å². The lowest BCUT2D eigenvalue weighted by Gasteiger charge is -1.84. The van der Waals surface area contributed by atoms with Gasteiger partial charge in [-0.05, 0) is 5.41 Å². The van der Waals surface area contributed by atoms with Crippen molar-refractivity contribution in [3.63, 3.8) is 0 Å². The number of aliphatic hydroxyl groups excluding tert-OH is 1. The van der Waals surface area contributed by atoms with E-state index in [-0.39, 0.29) is 6.61 Å². The second-order valence-electron chi connectivity index (χ2n) is 1.16. The molecule has 0 aromatic rings. The van der Waals surface area contributed by atoms with E-state index >= 15 is 0 Å². The summed E-state index contributed by atoms with van der Waals surface area (Å²) in [6, 6.07) is 0. The quantitative estimate of drug-likeness (QED) is 0.458. The molecule has 1 nitrogen and oxygen atoms in total. The smallest absolute Gasteiger partial charge is 0.0525 e. The summed E-state index contributed by atoms with van der Waals surface area (Å²) >= 11 is 1.58. The van der Waals surface area contributed by atoms with Crippen molar-refractivity contribution in [2.75, 3.05) is 12.4 Å². The largest absolute Gasteiger partial charge is 0.396 e. The fourth-order valence-corrected chi connectivity index (χ4v) is 0.696. The molecule has 0 spiro atoms. The minimum atomic E-state index is 0.242. The number of aliphatic hydroxyl groups is 1. The lowest BCUT2D eigenvalue weighted by atomic mass is 10.6. The van der Waals surface area contributed by atoms with Crippen LogP contribution in [0.4, 0.5) is 0 Å². The molecule has 0 saturated heterocycles. The Hall–Kier alpha value is -0.210. The summed E-state index contributed by atoms with van der Waals surface area (Å²) < 4.78 is 0. The Labute approximate surface area is 54.1 Å². The molecule has 0 aliphatic heterocycles. The summed E-state index contributed by atoms with van der Waals surface area (Å²) in [5, 5.41) is 10.2. The van der Waals surface area contributed by atoms with E-state index in [1.54, 1.807) is 17.8 Å². The maximum absolute atomic E-state index is 8.29. The average molecular weight is 130 g/mol. The van der Waals surface area contributed by atoms with Crippen LogP contribution in [0, 0.1) is 0 Å². The molecule has 8 heavy (non-hydrogen) atoms. The fourth-order valence-electron chi connectivity index (χ4n) is 0.232. The van der Waals surface area contributed by atoms with E-state index in [0.29, 0.717) is 0 Å². The van der Waals surface area contributed by atoms with Crippen LogP contribution in [0.1, 0.15) is 0 Å². The van der Waals surface area contributed by atoms with Crippen molar-refractivity contribution in [2.24, 2.45) is 0 Å². The van der Waals surface area contributed by atoms with Gasteiger partial charge in [-0.15, -0.1) is 11.8 Å². The summed E-state index contributed by atoms with van der Waals surface area (Å²) in [6.45, 7) is 3.74. The normalized spacial score (nSPS) is 10.1. The van der Waals surface area contributed by atoms with Crippen LogP contribution in [0.25, 0.3) is 0 Å². The second kappa shape index (κ2) is 6.79. The highest BCUT2D eigenvalue weighted by molar-refractivity contribution is 8.02. The minimum absolute atomic E-state index is 0.242. The van der Waals surface area contributed by atoms with Gasteiger partial charge in [0.2, 0.25) is 0 Å². The number of thioether (sulfide) groups is 1. The third kappa shape index (κ3) is 5.79. The monoisotopic (exact) mass is 130 g/mol. The van der Waals surface area contributed by atoms with Crippen molar-refractivity contribution in [3.8, 4) is 0 Å². The van der Waals surface area contributed by atoms with Gasteiger partial charge in [-0.1, -0.05) is 18.7 Å². The maximum atomic E-state index is 8.29. The van der Waals surface area contributed by atoms with Gasteiger partial charge in [-0.2, -0.15) is 0 Å². The molecule has 0 aromatic carbocycles. The van der Waals surface area contributed by atoms with Gasteiger partial charge in [-0.25, -0.2) is 0 Å². The molecule has 0 saturated carbocycles. The van der Waals surface area contributed by atoms with Crippen LogP contribution in [0.3, 0.4) is 0 Å². The standard InChI is InChI=1S/C6H10OS/c1-2-3-5-8-6-4-7/h2-3,5,7H,1,4,6H2/b5-3+. The Morgan fingerprint density at radius 2 is 2.38 bits per heavy atom. The Morgan fingerprint density at radius 3 is 2.88 bits per heavy atom. The molecule has 0 radical (unpaired) electrons. The van der Waals surface area contributed by atoms with Gasteiger partial charge in [0.25, 0.3) is 0 Å². The van der Waals surface area contributed by atoms with E-state index in [1.807, 2.05) is 11.5 Å². The number of hydrogen-bond acceptors (Lipinski definition) is 2. The van der Waals surface area contributed by atoms with Crippen molar-refractivity contribution in [2.45, 2.75) is 0 Å². The molecule has 0 aromatic heterocycles. The Bertz CT molecular complexity index is 78.6. The van der Waals surface area contributed by atoms with Crippen LogP contribution < -0.4 is 0 Å². The first-order chi connectivity index (χ1) is 3.91. The maximum Gasteiger partial charge on any atom is 0.0525 e. The van der Waals surface area contributed by atoms with E-state index in [4.69, 9.17) is 5.11 Å². The van der Waals surface area contributed by atoms with Crippen molar-refractivity contribution < 1.29 is 5.11 Å². The molecule has 0 unspecified atom stereocenters. The molecule has 0 rings (SSSR count). The van der Waals surface area contributed by atoms with Crippen molar-refractivity contribution in [3.05, 3.63) is 24.1 Å². The lowest BCUT2D eigenvalue weighted by molar-refractivity contribution is 0.322. The summed E-state index contributed by atoms with van der Waals surface area (Å²) in [5.41, 5.74) is 0. The van der Waals surface area contributed by atoms with Crippen LogP contribution >= 0.6 is 11.8 Å². The number of rotatable bonds is 4. The first-order valence-electron chi connectivity index (χ1n) is 2.42. The van der Waals surface area contributed by atoms with Crippen LogP contribution in [-0.2, 0) is 0 Å². The van der Waals surface area contributed by atoms with Gasteiger partial charge >= 0.3 is 0 Å². The van der Waals surface area contributed by atoms with E-state index in [1.165, 1.54) is 0 Å². The van der Waals surface area contributed by atoms with Gasteiger partial charge in [0, 0.05) is 5.75 Å². The molecule has 46 valence electrons. The molecule has 0 aliphatic carbocycles. The Kier molecular flexibility index (Phi) is 6.61. The molecule has 0 atom stereocenters. The van der Waals surface area contributed by atoms with Crippen LogP contribution in [-0.4, -0.2) is 17.5 Å². The third-order valence-corrected chi connectivity index (χ3v) is 1.29. The molecule has 0 fully saturated rings. The first kappa shape index (κ1) is 7.79. The highest BCUT2D eigenvalue weighted by atomic mass is 32.2. The van der Waals surface area contributed by atoms with E-state index < -0.39 is 0 Å². The molecule has 0 amide bonds. The van der Waals surface area contributed by atoms with Crippen LogP contribution in [0.5, 0.6) is 0 Å².